The van der Waals surface area contributed by atoms with Crippen LogP contribution in [0, 0.1) is 0 Å². The first-order chi connectivity index (χ1) is 8.56. The molecule has 1 aromatic heterocycles. The molecule has 1 heterocycles. The van der Waals surface area contributed by atoms with Crippen LogP contribution in [0.2, 0.25) is 10.3 Å². The zero-order chi connectivity index (χ0) is 13.5. The van der Waals surface area contributed by atoms with Gasteiger partial charge in [-0.3, -0.25) is 4.79 Å². The Labute approximate surface area is 115 Å². The Morgan fingerprint density at radius 1 is 1.39 bits per heavy atom. The van der Waals surface area contributed by atoms with Gasteiger partial charge in [0.15, 0.2) is 0 Å². The molecule has 0 aliphatic heterocycles. The molecule has 0 fully saturated rings. The van der Waals surface area contributed by atoms with Crippen LogP contribution in [0.25, 0.3) is 0 Å². The summed E-state index contributed by atoms with van der Waals surface area (Å²) in [6, 6.07) is 2.89. The fourth-order valence-electron chi connectivity index (χ4n) is 1.30. The minimum absolute atomic E-state index is 0.174. The molecule has 100 valence electrons. The van der Waals surface area contributed by atoms with Crippen molar-refractivity contribution in [1.29, 1.82) is 0 Å². The summed E-state index contributed by atoms with van der Waals surface area (Å²) in [4.78, 5) is 15.6. The summed E-state index contributed by atoms with van der Waals surface area (Å²) in [7, 11) is 3.12. The number of pyridine rings is 1. The molecule has 1 rings (SSSR count). The fraction of sp³-hybridized carbons (Fsp3) is 0.455. The highest BCUT2D eigenvalue weighted by Gasteiger charge is 2.12. The van der Waals surface area contributed by atoms with Gasteiger partial charge in [0.1, 0.15) is 10.3 Å². The smallest absolute Gasteiger partial charge is 0.251 e. The number of hydrogen-bond donors (Lipinski definition) is 1. The minimum Gasteiger partial charge on any atom is -0.382 e. The zero-order valence-electron chi connectivity index (χ0n) is 10.1. The average molecular weight is 293 g/mol. The molecular formula is C11H14Cl2N2O3. The Morgan fingerprint density at radius 3 is 2.50 bits per heavy atom. The molecule has 1 unspecified atom stereocenters. The minimum atomic E-state index is -0.292. The predicted octanol–water partition coefficient (Wildman–Crippen LogP) is 1.78. The molecule has 1 atom stereocenters. The quantitative estimate of drug-likeness (QED) is 0.812. The molecule has 1 N–H and O–H groups in total. The highest BCUT2D eigenvalue weighted by atomic mass is 35.5. The molecule has 18 heavy (non-hydrogen) atoms. The maximum Gasteiger partial charge on any atom is 0.251 e. The standard InChI is InChI=1S/C11H14Cl2N2O3/c1-17-6-8(18-2)5-14-11(16)7-3-9(12)15-10(13)4-7/h3-4,8H,5-6H2,1-2H3,(H,14,16). The maximum absolute atomic E-state index is 11.8. The van der Waals surface area contributed by atoms with Crippen molar-refractivity contribution in [2.75, 3.05) is 27.4 Å². The van der Waals surface area contributed by atoms with E-state index in [2.05, 4.69) is 10.3 Å². The van der Waals surface area contributed by atoms with Crippen molar-refractivity contribution in [3.63, 3.8) is 0 Å². The van der Waals surface area contributed by atoms with E-state index < -0.39 is 0 Å². The molecular weight excluding hydrogens is 279 g/mol. The van der Waals surface area contributed by atoms with E-state index in [1.165, 1.54) is 12.1 Å². The van der Waals surface area contributed by atoms with Gasteiger partial charge in [-0.05, 0) is 12.1 Å². The molecule has 1 amide bonds. The van der Waals surface area contributed by atoms with Gasteiger partial charge in [0.05, 0.1) is 12.7 Å². The number of methoxy groups -OCH3 is 2. The van der Waals surface area contributed by atoms with Crippen LogP contribution < -0.4 is 5.32 Å². The Balaban J connectivity index is 2.59. The summed E-state index contributed by atoms with van der Waals surface area (Å²) >= 11 is 11.4. The first kappa shape index (κ1) is 15.2. The van der Waals surface area contributed by atoms with Gasteiger partial charge in [-0.1, -0.05) is 23.2 Å². The number of nitrogens with zero attached hydrogens (tertiary/aromatic N) is 1. The van der Waals surface area contributed by atoms with Gasteiger partial charge < -0.3 is 14.8 Å². The van der Waals surface area contributed by atoms with E-state index in [0.717, 1.165) is 0 Å². The van der Waals surface area contributed by atoms with Gasteiger partial charge >= 0.3 is 0 Å². The number of hydrogen-bond acceptors (Lipinski definition) is 4. The molecule has 0 aromatic carbocycles. The predicted molar refractivity (Wildman–Crippen MR) is 69.3 cm³/mol. The summed E-state index contributed by atoms with van der Waals surface area (Å²) in [5, 5.41) is 3.05. The lowest BCUT2D eigenvalue weighted by atomic mass is 10.2. The molecule has 0 aliphatic rings. The third-order valence-electron chi connectivity index (χ3n) is 2.20. The van der Waals surface area contributed by atoms with Crippen LogP contribution in [0.1, 0.15) is 10.4 Å². The molecule has 7 heteroatoms. The lowest BCUT2D eigenvalue weighted by Crippen LogP contribution is -2.35. The lowest BCUT2D eigenvalue weighted by Gasteiger charge is -2.15. The second-order valence-corrected chi connectivity index (χ2v) is 4.30. The molecule has 0 saturated carbocycles. The molecule has 0 saturated heterocycles. The first-order valence-corrected chi connectivity index (χ1v) is 5.95. The van der Waals surface area contributed by atoms with Gasteiger partial charge in [0.25, 0.3) is 5.91 Å². The van der Waals surface area contributed by atoms with Crippen LogP contribution >= 0.6 is 23.2 Å². The molecule has 0 spiro atoms. The van der Waals surface area contributed by atoms with Crippen molar-refractivity contribution in [1.82, 2.24) is 10.3 Å². The van der Waals surface area contributed by atoms with Crippen LogP contribution in [0.15, 0.2) is 12.1 Å². The zero-order valence-corrected chi connectivity index (χ0v) is 11.6. The molecule has 5 nitrogen and oxygen atoms in total. The Morgan fingerprint density at radius 2 is 2.00 bits per heavy atom. The van der Waals surface area contributed by atoms with E-state index in [4.69, 9.17) is 32.7 Å². The summed E-state index contributed by atoms with van der Waals surface area (Å²) in [6.45, 7) is 0.732. The van der Waals surface area contributed by atoms with E-state index in [0.29, 0.717) is 18.7 Å². The van der Waals surface area contributed by atoms with Crippen molar-refractivity contribution in [2.24, 2.45) is 0 Å². The maximum atomic E-state index is 11.8. The first-order valence-electron chi connectivity index (χ1n) is 5.19. The van der Waals surface area contributed by atoms with Gasteiger partial charge in [-0.25, -0.2) is 4.98 Å². The Bertz CT molecular complexity index is 395. The van der Waals surface area contributed by atoms with E-state index >= 15 is 0 Å². The topological polar surface area (TPSA) is 60.5 Å². The van der Waals surface area contributed by atoms with Crippen molar-refractivity contribution in [2.45, 2.75) is 6.10 Å². The van der Waals surface area contributed by atoms with Crippen LogP contribution in [0.4, 0.5) is 0 Å². The SMILES string of the molecule is COCC(CNC(=O)c1cc(Cl)nc(Cl)c1)OC. The third-order valence-corrected chi connectivity index (χ3v) is 2.59. The normalized spacial score (nSPS) is 12.2. The summed E-state index contributed by atoms with van der Waals surface area (Å²) in [5.74, 6) is -0.292. The molecule has 0 bridgehead atoms. The van der Waals surface area contributed by atoms with E-state index in [1.807, 2.05) is 0 Å². The number of amides is 1. The second kappa shape index (κ2) is 7.53. The lowest BCUT2D eigenvalue weighted by molar-refractivity contribution is 0.0285. The number of rotatable bonds is 6. The number of nitrogens with one attached hydrogen (secondary N) is 1. The Hall–Kier alpha value is -0.880. The largest absolute Gasteiger partial charge is 0.382 e. The Kier molecular flexibility index (Phi) is 6.35. The molecule has 0 aliphatic carbocycles. The van der Waals surface area contributed by atoms with Gasteiger partial charge in [0, 0.05) is 26.3 Å². The van der Waals surface area contributed by atoms with Crippen LogP contribution in [-0.2, 0) is 9.47 Å². The third kappa shape index (κ3) is 4.78. The summed E-state index contributed by atoms with van der Waals surface area (Å²) in [5.41, 5.74) is 0.354. The molecule has 0 radical (unpaired) electrons. The molecule has 1 aromatic rings. The monoisotopic (exact) mass is 292 g/mol. The summed E-state index contributed by atoms with van der Waals surface area (Å²) in [6.07, 6.45) is -0.202. The summed E-state index contributed by atoms with van der Waals surface area (Å²) < 4.78 is 10.1. The van der Waals surface area contributed by atoms with Gasteiger partial charge in [0.2, 0.25) is 0 Å². The van der Waals surface area contributed by atoms with E-state index in [-0.39, 0.29) is 22.3 Å². The van der Waals surface area contributed by atoms with Crippen LogP contribution in [-0.4, -0.2) is 44.4 Å². The van der Waals surface area contributed by atoms with E-state index in [1.54, 1.807) is 14.2 Å². The van der Waals surface area contributed by atoms with Crippen molar-refractivity contribution < 1.29 is 14.3 Å². The van der Waals surface area contributed by atoms with Gasteiger partial charge in [-0.2, -0.15) is 0 Å². The van der Waals surface area contributed by atoms with Crippen molar-refractivity contribution in [3.05, 3.63) is 28.0 Å². The number of halogens is 2. The highest BCUT2D eigenvalue weighted by Crippen LogP contribution is 2.14. The van der Waals surface area contributed by atoms with Crippen molar-refractivity contribution in [3.8, 4) is 0 Å². The number of aromatic nitrogens is 1. The van der Waals surface area contributed by atoms with Crippen LogP contribution in [0.3, 0.4) is 0 Å². The number of carbonyl (C=O) groups excluding carboxylic acids is 1. The van der Waals surface area contributed by atoms with Crippen LogP contribution in [0.5, 0.6) is 0 Å². The van der Waals surface area contributed by atoms with Gasteiger partial charge in [-0.15, -0.1) is 0 Å². The second-order valence-electron chi connectivity index (χ2n) is 3.52. The fourth-order valence-corrected chi connectivity index (χ4v) is 1.76. The highest BCUT2D eigenvalue weighted by molar-refractivity contribution is 6.33. The van der Waals surface area contributed by atoms with E-state index in [9.17, 15) is 4.79 Å². The average Bonchev–Trinajstić information content (AvgIpc) is 2.32. The number of ether oxygens (including phenoxy) is 2. The number of carbonyl (C=O) groups is 1. The van der Waals surface area contributed by atoms with Crippen molar-refractivity contribution >= 4 is 29.1 Å².